The van der Waals surface area contributed by atoms with E-state index in [0.29, 0.717) is 18.8 Å². The molecule has 5 nitrogen and oxygen atoms in total. The van der Waals surface area contributed by atoms with Gasteiger partial charge in [-0.2, -0.15) is 0 Å². The Morgan fingerprint density at radius 3 is 2.64 bits per heavy atom. The molecule has 2 aromatic carbocycles. The van der Waals surface area contributed by atoms with Crippen molar-refractivity contribution >= 4 is 17.5 Å². The minimum Gasteiger partial charge on any atom is -0.337 e. The standard InChI is InChI=1S/C19H17ClN4O/c20-17-9-5-4-8-16(17)14-10-11-23(12-14)19(25)18-13-24(22-21-18)15-6-2-1-3-7-15/h1-9,13-14H,10-12H2. The molecule has 0 saturated carbocycles. The van der Waals surface area contributed by atoms with E-state index in [9.17, 15) is 4.79 Å². The van der Waals surface area contributed by atoms with Crippen molar-refractivity contribution in [2.75, 3.05) is 13.1 Å². The topological polar surface area (TPSA) is 51.0 Å². The minimum atomic E-state index is -0.0864. The Labute approximate surface area is 150 Å². The molecule has 1 saturated heterocycles. The number of hydrogen-bond acceptors (Lipinski definition) is 3. The van der Waals surface area contributed by atoms with Gasteiger partial charge in [0.25, 0.3) is 5.91 Å². The molecule has 6 heteroatoms. The summed E-state index contributed by atoms with van der Waals surface area (Å²) in [6.07, 6.45) is 2.59. The van der Waals surface area contributed by atoms with Crippen LogP contribution in [0.3, 0.4) is 0 Å². The number of benzene rings is 2. The molecule has 1 aromatic heterocycles. The van der Waals surface area contributed by atoms with Gasteiger partial charge in [0.15, 0.2) is 5.69 Å². The highest BCUT2D eigenvalue weighted by atomic mass is 35.5. The molecule has 126 valence electrons. The number of carbonyl (C=O) groups excluding carboxylic acids is 1. The number of aromatic nitrogens is 3. The Hall–Kier alpha value is -2.66. The van der Waals surface area contributed by atoms with E-state index in [-0.39, 0.29) is 11.8 Å². The number of para-hydroxylation sites is 1. The van der Waals surface area contributed by atoms with Gasteiger partial charge in [-0.05, 0) is 30.2 Å². The number of hydrogen-bond donors (Lipinski definition) is 0. The molecular formula is C19H17ClN4O. The molecule has 0 radical (unpaired) electrons. The monoisotopic (exact) mass is 352 g/mol. The van der Waals surface area contributed by atoms with Gasteiger partial charge in [0.1, 0.15) is 0 Å². The SMILES string of the molecule is O=C(c1cn(-c2ccccc2)nn1)N1CCC(c2ccccc2Cl)C1. The molecule has 0 bridgehead atoms. The van der Waals surface area contributed by atoms with Gasteiger partial charge in [0.2, 0.25) is 0 Å². The highest BCUT2D eigenvalue weighted by Crippen LogP contribution is 2.32. The first-order chi connectivity index (χ1) is 12.2. The predicted molar refractivity (Wildman–Crippen MR) is 96.1 cm³/mol. The second-order valence-corrected chi connectivity index (χ2v) is 6.55. The number of nitrogens with zero attached hydrogens (tertiary/aromatic N) is 4. The van der Waals surface area contributed by atoms with Crippen LogP contribution in [-0.2, 0) is 0 Å². The molecule has 3 aromatic rings. The van der Waals surface area contributed by atoms with Crippen molar-refractivity contribution in [3.05, 3.63) is 77.1 Å². The molecule has 0 spiro atoms. The highest BCUT2D eigenvalue weighted by Gasteiger charge is 2.30. The Balaban J connectivity index is 1.49. The fraction of sp³-hybridized carbons (Fsp3) is 0.211. The lowest BCUT2D eigenvalue weighted by atomic mass is 9.98. The average molecular weight is 353 g/mol. The minimum absolute atomic E-state index is 0.0864. The zero-order valence-electron chi connectivity index (χ0n) is 13.5. The fourth-order valence-corrected chi connectivity index (χ4v) is 3.53. The fourth-order valence-electron chi connectivity index (χ4n) is 3.24. The summed E-state index contributed by atoms with van der Waals surface area (Å²) >= 11 is 6.29. The normalized spacial score (nSPS) is 17.0. The van der Waals surface area contributed by atoms with Gasteiger partial charge in [-0.15, -0.1) is 5.10 Å². The number of halogens is 1. The summed E-state index contributed by atoms with van der Waals surface area (Å²) in [7, 11) is 0. The average Bonchev–Trinajstić information content (AvgIpc) is 3.32. The van der Waals surface area contributed by atoms with E-state index < -0.39 is 0 Å². The zero-order chi connectivity index (χ0) is 17.2. The maximum Gasteiger partial charge on any atom is 0.276 e. The smallest absolute Gasteiger partial charge is 0.276 e. The van der Waals surface area contributed by atoms with Crippen molar-refractivity contribution < 1.29 is 4.79 Å². The van der Waals surface area contributed by atoms with Crippen LogP contribution in [0.2, 0.25) is 5.02 Å². The predicted octanol–water partition coefficient (Wildman–Crippen LogP) is 3.55. The van der Waals surface area contributed by atoms with Gasteiger partial charge in [-0.25, -0.2) is 4.68 Å². The second-order valence-electron chi connectivity index (χ2n) is 6.14. The molecule has 2 heterocycles. The van der Waals surface area contributed by atoms with E-state index in [1.54, 1.807) is 10.9 Å². The van der Waals surface area contributed by atoms with E-state index in [2.05, 4.69) is 10.3 Å². The summed E-state index contributed by atoms with van der Waals surface area (Å²) in [6.45, 7) is 1.35. The first kappa shape index (κ1) is 15.8. The van der Waals surface area contributed by atoms with Crippen LogP contribution in [0.4, 0.5) is 0 Å². The van der Waals surface area contributed by atoms with Crippen molar-refractivity contribution in [3.63, 3.8) is 0 Å². The summed E-state index contributed by atoms with van der Waals surface area (Å²) < 4.78 is 1.62. The molecule has 1 atom stereocenters. The summed E-state index contributed by atoms with van der Waals surface area (Å²) in [5.41, 5.74) is 2.35. The lowest BCUT2D eigenvalue weighted by Crippen LogP contribution is -2.28. The number of amides is 1. The summed E-state index contributed by atoms with van der Waals surface area (Å²) in [4.78, 5) is 14.6. The lowest BCUT2D eigenvalue weighted by Gasteiger charge is -2.15. The van der Waals surface area contributed by atoms with Gasteiger partial charge < -0.3 is 4.90 Å². The summed E-state index contributed by atoms with van der Waals surface area (Å²) in [5.74, 6) is 0.179. The molecular weight excluding hydrogens is 336 g/mol. The van der Waals surface area contributed by atoms with E-state index >= 15 is 0 Å². The molecule has 1 aliphatic rings. The number of carbonyl (C=O) groups is 1. The Morgan fingerprint density at radius 1 is 1.08 bits per heavy atom. The second kappa shape index (κ2) is 6.69. The largest absolute Gasteiger partial charge is 0.337 e. The molecule has 1 amide bonds. The van der Waals surface area contributed by atoms with E-state index in [4.69, 9.17) is 11.6 Å². The van der Waals surface area contributed by atoms with Crippen LogP contribution in [0.1, 0.15) is 28.4 Å². The maximum atomic E-state index is 12.7. The van der Waals surface area contributed by atoms with E-state index in [1.165, 1.54) is 0 Å². The third kappa shape index (κ3) is 3.15. The summed E-state index contributed by atoms with van der Waals surface area (Å²) in [6, 6.07) is 17.5. The Morgan fingerprint density at radius 2 is 1.84 bits per heavy atom. The van der Waals surface area contributed by atoms with Crippen molar-refractivity contribution in [1.29, 1.82) is 0 Å². The van der Waals surface area contributed by atoms with Gasteiger partial charge >= 0.3 is 0 Å². The van der Waals surface area contributed by atoms with Crippen molar-refractivity contribution in [1.82, 2.24) is 19.9 Å². The van der Waals surface area contributed by atoms with Crippen LogP contribution in [0.25, 0.3) is 5.69 Å². The number of rotatable bonds is 3. The van der Waals surface area contributed by atoms with E-state index in [0.717, 1.165) is 22.7 Å². The quantitative estimate of drug-likeness (QED) is 0.724. The van der Waals surface area contributed by atoms with Crippen LogP contribution in [-0.4, -0.2) is 38.9 Å². The first-order valence-electron chi connectivity index (χ1n) is 8.24. The van der Waals surface area contributed by atoms with Gasteiger partial charge in [-0.3, -0.25) is 4.79 Å². The molecule has 0 N–H and O–H groups in total. The van der Waals surface area contributed by atoms with Crippen molar-refractivity contribution in [2.45, 2.75) is 12.3 Å². The van der Waals surface area contributed by atoms with Crippen LogP contribution in [0.5, 0.6) is 0 Å². The molecule has 1 fully saturated rings. The Bertz CT molecular complexity index is 893. The zero-order valence-corrected chi connectivity index (χ0v) is 14.3. The molecule has 1 unspecified atom stereocenters. The van der Waals surface area contributed by atoms with E-state index in [1.807, 2.05) is 59.5 Å². The van der Waals surface area contributed by atoms with Crippen LogP contribution in [0.15, 0.2) is 60.8 Å². The molecule has 1 aliphatic heterocycles. The number of likely N-dealkylation sites (tertiary alicyclic amines) is 1. The molecule has 4 rings (SSSR count). The van der Waals surface area contributed by atoms with Gasteiger partial charge in [0, 0.05) is 24.0 Å². The Kier molecular flexibility index (Phi) is 4.24. The van der Waals surface area contributed by atoms with Gasteiger partial charge in [0.05, 0.1) is 11.9 Å². The first-order valence-corrected chi connectivity index (χ1v) is 8.61. The third-order valence-corrected chi connectivity index (χ3v) is 4.90. The van der Waals surface area contributed by atoms with Crippen LogP contribution >= 0.6 is 11.6 Å². The van der Waals surface area contributed by atoms with Crippen LogP contribution in [0, 0.1) is 0 Å². The molecule has 25 heavy (non-hydrogen) atoms. The lowest BCUT2D eigenvalue weighted by molar-refractivity contribution is 0.0785. The third-order valence-electron chi connectivity index (χ3n) is 4.55. The molecule has 0 aliphatic carbocycles. The summed E-state index contributed by atoms with van der Waals surface area (Å²) in [5, 5.41) is 8.88. The van der Waals surface area contributed by atoms with Crippen molar-refractivity contribution in [3.8, 4) is 5.69 Å². The van der Waals surface area contributed by atoms with Crippen LogP contribution < -0.4 is 0 Å². The maximum absolute atomic E-state index is 12.7. The van der Waals surface area contributed by atoms with Gasteiger partial charge in [-0.1, -0.05) is 53.2 Å². The highest BCUT2D eigenvalue weighted by molar-refractivity contribution is 6.31. The van der Waals surface area contributed by atoms with Crippen molar-refractivity contribution in [2.24, 2.45) is 0 Å².